The van der Waals surface area contributed by atoms with Gasteiger partial charge in [0.1, 0.15) is 11.7 Å². The Morgan fingerprint density at radius 2 is 2.22 bits per heavy atom. The number of nitrogen functional groups attached to an aromatic ring is 1. The molecule has 1 aromatic heterocycles. The van der Waals surface area contributed by atoms with Gasteiger partial charge in [-0.15, -0.1) is 0 Å². The maximum absolute atomic E-state index is 13.4. The van der Waals surface area contributed by atoms with Crippen LogP contribution in [0, 0.1) is 18.2 Å². The van der Waals surface area contributed by atoms with Crippen LogP contribution in [0.4, 0.5) is 4.39 Å². The van der Waals surface area contributed by atoms with E-state index in [-0.39, 0.29) is 5.84 Å². The number of halogens is 2. The fourth-order valence-electron chi connectivity index (χ4n) is 1.66. The average molecular weight is 267 g/mol. The summed E-state index contributed by atoms with van der Waals surface area (Å²) in [5.74, 6) is -0.585. The van der Waals surface area contributed by atoms with Crippen LogP contribution in [0.2, 0.25) is 5.02 Å². The van der Waals surface area contributed by atoms with Crippen molar-refractivity contribution < 1.29 is 4.39 Å². The zero-order valence-corrected chi connectivity index (χ0v) is 10.5. The molecule has 0 amide bonds. The Balaban J connectivity index is 2.31. The van der Waals surface area contributed by atoms with E-state index in [0.29, 0.717) is 22.7 Å². The third-order valence-corrected chi connectivity index (χ3v) is 2.87. The highest BCUT2D eigenvalue weighted by Crippen LogP contribution is 2.15. The summed E-state index contributed by atoms with van der Waals surface area (Å²) in [7, 11) is 0. The minimum atomic E-state index is -0.423. The second-order valence-electron chi connectivity index (χ2n) is 4.02. The zero-order valence-electron chi connectivity index (χ0n) is 9.74. The van der Waals surface area contributed by atoms with E-state index in [1.807, 2.05) is 0 Å². The third kappa shape index (κ3) is 2.68. The van der Waals surface area contributed by atoms with E-state index in [1.54, 1.807) is 23.9 Å². The molecule has 3 N–H and O–H groups in total. The molecule has 4 nitrogen and oxygen atoms in total. The Morgan fingerprint density at radius 1 is 1.50 bits per heavy atom. The van der Waals surface area contributed by atoms with Crippen molar-refractivity contribution in [3.05, 3.63) is 52.1 Å². The fourth-order valence-corrected chi connectivity index (χ4v) is 1.81. The minimum absolute atomic E-state index is 0.162. The van der Waals surface area contributed by atoms with Crippen molar-refractivity contribution in [1.82, 2.24) is 9.78 Å². The molecule has 1 aromatic carbocycles. The van der Waals surface area contributed by atoms with Crippen LogP contribution >= 0.6 is 11.6 Å². The molecule has 0 aliphatic carbocycles. The van der Waals surface area contributed by atoms with Gasteiger partial charge in [-0.1, -0.05) is 11.6 Å². The Labute approximate surface area is 109 Å². The molecule has 2 aromatic rings. The number of amidine groups is 1. The van der Waals surface area contributed by atoms with Crippen molar-refractivity contribution in [1.29, 1.82) is 5.41 Å². The normalized spacial score (nSPS) is 10.6. The van der Waals surface area contributed by atoms with Gasteiger partial charge in [0, 0.05) is 11.8 Å². The minimum Gasteiger partial charge on any atom is -0.384 e. The number of aryl methyl sites for hydroxylation is 1. The summed E-state index contributed by atoms with van der Waals surface area (Å²) < 4.78 is 15.0. The maximum atomic E-state index is 13.4. The Morgan fingerprint density at radius 3 is 2.78 bits per heavy atom. The summed E-state index contributed by atoms with van der Waals surface area (Å²) in [5.41, 5.74) is 7.11. The molecule has 0 aliphatic rings. The van der Waals surface area contributed by atoms with Crippen LogP contribution in [0.1, 0.15) is 16.8 Å². The summed E-state index contributed by atoms with van der Waals surface area (Å²) >= 11 is 5.90. The summed E-state index contributed by atoms with van der Waals surface area (Å²) in [6.45, 7) is 2.18. The standard InChI is InChI=1S/C12H12ClFN4/c1-7-11(13)6-18(17-7)5-8-2-9(12(15)16)4-10(14)3-8/h2-4,6H,5H2,1H3,(H3,15,16). The van der Waals surface area contributed by atoms with Crippen LogP contribution in [0.3, 0.4) is 0 Å². The molecule has 94 valence electrons. The summed E-state index contributed by atoms with van der Waals surface area (Å²) in [5, 5.41) is 12.1. The number of benzene rings is 1. The van der Waals surface area contributed by atoms with Crippen molar-refractivity contribution in [2.45, 2.75) is 13.5 Å². The maximum Gasteiger partial charge on any atom is 0.124 e. The highest BCUT2D eigenvalue weighted by Gasteiger charge is 2.06. The highest BCUT2D eigenvalue weighted by atomic mass is 35.5. The first-order chi connectivity index (χ1) is 8.45. The number of nitrogens with one attached hydrogen (secondary N) is 1. The topological polar surface area (TPSA) is 67.7 Å². The van der Waals surface area contributed by atoms with Crippen LogP contribution in [0.5, 0.6) is 0 Å². The van der Waals surface area contributed by atoms with E-state index < -0.39 is 5.82 Å². The van der Waals surface area contributed by atoms with Gasteiger partial charge in [-0.3, -0.25) is 10.1 Å². The van der Waals surface area contributed by atoms with E-state index >= 15 is 0 Å². The monoisotopic (exact) mass is 266 g/mol. The lowest BCUT2D eigenvalue weighted by atomic mass is 10.1. The smallest absolute Gasteiger partial charge is 0.124 e. The van der Waals surface area contributed by atoms with Crippen molar-refractivity contribution >= 4 is 17.4 Å². The lowest BCUT2D eigenvalue weighted by molar-refractivity contribution is 0.618. The molecule has 0 bridgehead atoms. The van der Waals surface area contributed by atoms with Crippen LogP contribution in [0.15, 0.2) is 24.4 Å². The van der Waals surface area contributed by atoms with Crippen LogP contribution < -0.4 is 5.73 Å². The van der Waals surface area contributed by atoms with Crippen LogP contribution in [-0.4, -0.2) is 15.6 Å². The van der Waals surface area contributed by atoms with E-state index in [4.69, 9.17) is 22.7 Å². The molecule has 0 saturated carbocycles. The zero-order chi connectivity index (χ0) is 13.3. The lowest BCUT2D eigenvalue weighted by Crippen LogP contribution is -2.12. The lowest BCUT2D eigenvalue weighted by Gasteiger charge is -2.05. The Bertz CT molecular complexity index is 587. The molecule has 2 rings (SSSR count). The molecular weight excluding hydrogens is 255 g/mol. The van der Waals surface area contributed by atoms with Crippen molar-refractivity contribution in [3.63, 3.8) is 0 Å². The molecule has 0 spiro atoms. The summed E-state index contributed by atoms with van der Waals surface area (Å²) in [6.07, 6.45) is 1.68. The van der Waals surface area contributed by atoms with E-state index in [9.17, 15) is 4.39 Å². The molecule has 0 atom stereocenters. The number of nitrogens with two attached hydrogens (primary N) is 1. The molecule has 0 radical (unpaired) electrons. The SMILES string of the molecule is Cc1nn(Cc2cc(F)cc(C(=N)N)c2)cc1Cl. The first kappa shape index (κ1) is 12.6. The fraction of sp³-hybridized carbons (Fsp3) is 0.167. The third-order valence-electron chi connectivity index (χ3n) is 2.50. The molecule has 0 fully saturated rings. The second-order valence-corrected chi connectivity index (χ2v) is 4.43. The van der Waals surface area contributed by atoms with Crippen molar-refractivity contribution in [3.8, 4) is 0 Å². The number of nitrogens with zero attached hydrogens (tertiary/aromatic N) is 2. The van der Waals surface area contributed by atoms with Gasteiger partial charge in [0.05, 0.1) is 17.3 Å². The summed E-state index contributed by atoms with van der Waals surface area (Å²) in [6, 6.07) is 4.28. The van der Waals surface area contributed by atoms with Crippen LogP contribution in [0.25, 0.3) is 0 Å². The second kappa shape index (κ2) is 4.78. The predicted octanol–water partition coefficient (Wildman–Crippen LogP) is 2.32. The number of hydrogen-bond acceptors (Lipinski definition) is 2. The van der Waals surface area contributed by atoms with Gasteiger partial charge >= 0.3 is 0 Å². The van der Waals surface area contributed by atoms with Gasteiger partial charge < -0.3 is 5.73 Å². The van der Waals surface area contributed by atoms with Gasteiger partial charge in [0.25, 0.3) is 0 Å². The Hall–Kier alpha value is -1.88. The van der Waals surface area contributed by atoms with Crippen molar-refractivity contribution in [2.75, 3.05) is 0 Å². The molecule has 0 unspecified atom stereocenters. The average Bonchev–Trinajstić information content (AvgIpc) is 2.56. The van der Waals surface area contributed by atoms with Gasteiger partial charge in [-0.2, -0.15) is 5.10 Å². The molecule has 18 heavy (non-hydrogen) atoms. The molecule has 6 heteroatoms. The predicted molar refractivity (Wildman–Crippen MR) is 68.5 cm³/mol. The van der Waals surface area contributed by atoms with E-state index in [1.165, 1.54) is 12.1 Å². The summed E-state index contributed by atoms with van der Waals surface area (Å²) in [4.78, 5) is 0. The largest absolute Gasteiger partial charge is 0.384 e. The number of hydrogen-bond donors (Lipinski definition) is 2. The van der Waals surface area contributed by atoms with Gasteiger partial charge in [0.2, 0.25) is 0 Å². The van der Waals surface area contributed by atoms with Crippen molar-refractivity contribution in [2.24, 2.45) is 5.73 Å². The van der Waals surface area contributed by atoms with Crippen LogP contribution in [-0.2, 0) is 6.54 Å². The van der Waals surface area contributed by atoms with Gasteiger partial charge in [0.15, 0.2) is 0 Å². The number of rotatable bonds is 3. The quantitative estimate of drug-likeness (QED) is 0.661. The molecule has 0 aliphatic heterocycles. The van der Waals surface area contributed by atoms with E-state index in [0.717, 1.165) is 5.69 Å². The van der Waals surface area contributed by atoms with Gasteiger partial charge in [-0.05, 0) is 30.7 Å². The van der Waals surface area contributed by atoms with Gasteiger partial charge in [-0.25, -0.2) is 4.39 Å². The highest BCUT2D eigenvalue weighted by molar-refractivity contribution is 6.31. The number of aromatic nitrogens is 2. The Kier molecular flexibility index (Phi) is 3.34. The molecular formula is C12H12ClFN4. The molecule has 1 heterocycles. The van der Waals surface area contributed by atoms with E-state index in [2.05, 4.69) is 5.10 Å². The molecule has 0 saturated heterocycles. The first-order valence-corrected chi connectivity index (χ1v) is 5.67. The first-order valence-electron chi connectivity index (χ1n) is 5.29.